The quantitative estimate of drug-likeness (QED) is 0.179. The van der Waals surface area contributed by atoms with E-state index in [1.807, 2.05) is 36.4 Å². The van der Waals surface area contributed by atoms with Crippen LogP contribution in [0.2, 0.25) is 0 Å². The number of hydrogen-bond donors (Lipinski definition) is 5. The Kier molecular flexibility index (Phi) is 5.56. The predicted octanol–water partition coefficient (Wildman–Crippen LogP) is 5.52. The van der Waals surface area contributed by atoms with E-state index >= 15 is 0 Å². The molecule has 4 aromatic rings. The molecule has 6 rings (SSSR count). The minimum absolute atomic E-state index is 0.0218. The zero-order valence-electron chi connectivity index (χ0n) is 20.7. The van der Waals surface area contributed by atoms with E-state index in [1.165, 1.54) is 18.2 Å². The van der Waals surface area contributed by atoms with E-state index < -0.39 is 5.97 Å². The molecule has 0 bridgehead atoms. The molecule has 0 aromatic heterocycles. The highest BCUT2D eigenvalue weighted by atomic mass is 16.5. The number of methoxy groups -OCH3 is 1. The fraction of sp³-hybridized carbons (Fsp3) is 0.161. The lowest BCUT2D eigenvalue weighted by Crippen LogP contribution is -2.31. The highest BCUT2D eigenvalue weighted by Gasteiger charge is 2.44. The maximum atomic E-state index is 12.1. The maximum Gasteiger partial charge on any atom is 0.336 e. The molecule has 2 aliphatic rings. The minimum Gasteiger partial charge on any atom is -0.504 e. The molecule has 1 heterocycles. The monoisotopic (exact) mass is 505 g/mol. The summed E-state index contributed by atoms with van der Waals surface area (Å²) < 4.78 is 5.50. The van der Waals surface area contributed by atoms with E-state index in [0.717, 1.165) is 23.2 Å². The Morgan fingerprint density at radius 3 is 2.50 bits per heavy atom. The van der Waals surface area contributed by atoms with Gasteiger partial charge in [-0.2, -0.15) is 0 Å². The van der Waals surface area contributed by atoms with E-state index in [9.17, 15) is 15.0 Å². The van der Waals surface area contributed by atoms with Crippen molar-refractivity contribution in [3.05, 3.63) is 112 Å². The topological polar surface area (TPSA) is 129 Å². The van der Waals surface area contributed by atoms with Gasteiger partial charge in [0.15, 0.2) is 11.5 Å². The third kappa shape index (κ3) is 3.66. The summed E-state index contributed by atoms with van der Waals surface area (Å²) in [6.45, 7) is 0. The molecular formula is C31H27N3O4. The first-order valence-corrected chi connectivity index (χ1v) is 12.4. The van der Waals surface area contributed by atoms with Crippen molar-refractivity contribution in [2.45, 2.75) is 18.4 Å². The van der Waals surface area contributed by atoms with Gasteiger partial charge in [0.1, 0.15) is 5.84 Å². The highest BCUT2D eigenvalue weighted by molar-refractivity contribution is 5.97. The van der Waals surface area contributed by atoms with Crippen molar-refractivity contribution in [1.82, 2.24) is 0 Å². The van der Waals surface area contributed by atoms with Crippen LogP contribution >= 0.6 is 0 Å². The molecule has 0 radical (unpaired) electrons. The fourth-order valence-electron chi connectivity index (χ4n) is 6.18. The Balaban J connectivity index is 1.59. The van der Waals surface area contributed by atoms with Crippen LogP contribution in [-0.4, -0.2) is 29.1 Å². The standard InChI is InChI=1S/C31H27N3O4/c1-38-27-15-22(21(14-26(27)35)19-8-4-5-9-20(19)31(36)37)29-24-12-16-6-2-3-7-18(16)28(24)23-13-17(30(32)33)10-11-25(23)34-29/h2-11,13-15,24,28-29,34-35H,12H2,1H3,(H3,32,33)(H,36,37). The summed E-state index contributed by atoms with van der Waals surface area (Å²) in [5, 5.41) is 32.4. The van der Waals surface area contributed by atoms with Crippen molar-refractivity contribution in [1.29, 1.82) is 5.41 Å². The molecule has 7 nitrogen and oxygen atoms in total. The van der Waals surface area contributed by atoms with Crippen LogP contribution in [0.25, 0.3) is 11.1 Å². The van der Waals surface area contributed by atoms with Crippen LogP contribution < -0.4 is 15.8 Å². The molecule has 3 atom stereocenters. The van der Waals surface area contributed by atoms with E-state index in [0.29, 0.717) is 22.4 Å². The van der Waals surface area contributed by atoms with Crippen molar-refractivity contribution in [2.75, 3.05) is 12.4 Å². The average Bonchev–Trinajstić information content (AvgIpc) is 3.32. The van der Waals surface area contributed by atoms with E-state index in [1.54, 1.807) is 30.3 Å². The van der Waals surface area contributed by atoms with E-state index in [4.69, 9.17) is 15.9 Å². The summed E-state index contributed by atoms with van der Waals surface area (Å²) in [7, 11) is 1.50. The SMILES string of the molecule is COc1cc(C2Nc3ccc(C(=N)N)cc3C3c4ccccc4CC23)c(-c2ccccc2C(=O)O)cc1O. The van der Waals surface area contributed by atoms with Gasteiger partial charge in [0.05, 0.1) is 18.7 Å². The molecule has 1 aliphatic carbocycles. The van der Waals surface area contributed by atoms with Crippen LogP contribution in [0.1, 0.15) is 50.1 Å². The largest absolute Gasteiger partial charge is 0.504 e. The summed E-state index contributed by atoms with van der Waals surface area (Å²) >= 11 is 0. The van der Waals surface area contributed by atoms with Crippen LogP contribution in [0.15, 0.2) is 78.9 Å². The molecule has 6 N–H and O–H groups in total. The van der Waals surface area contributed by atoms with Crippen LogP contribution in [0.3, 0.4) is 0 Å². The lowest BCUT2D eigenvalue weighted by atomic mass is 9.74. The third-order valence-electron chi connectivity index (χ3n) is 7.84. The van der Waals surface area contributed by atoms with Gasteiger partial charge >= 0.3 is 5.97 Å². The first-order valence-electron chi connectivity index (χ1n) is 12.4. The van der Waals surface area contributed by atoms with Crippen molar-refractivity contribution < 1.29 is 19.7 Å². The molecular weight excluding hydrogens is 478 g/mol. The lowest BCUT2D eigenvalue weighted by Gasteiger charge is -2.39. The van der Waals surface area contributed by atoms with Gasteiger partial charge in [-0.25, -0.2) is 4.79 Å². The number of ether oxygens (including phenoxy) is 1. The van der Waals surface area contributed by atoms with Gasteiger partial charge < -0.3 is 26.0 Å². The van der Waals surface area contributed by atoms with Gasteiger partial charge in [-0.1, -0.05) is 42.5 Å². The summed E-state index contributed by atoms with van der Waals surface area (Å²) in [5.41, 5.74) is 13.2. The summed E-state index contributed by atoms with van der Waals surface area (Å²) in [6.07, 6.45) is 0.811. The van der Waals surface area contributed by atoms with Gasteiger partial charge in [0.25, 0.3) is 0 Å². The number of carboxylic acids is 1. The van der Waals surface area contributed by atoms with Crippen molar-refractivity contribution >= 4 is 17.5 Å². The second-order valence-electron chi connectivity index (χ2n) is 9.84. The Morgan fingerprint density at radius 1 is 0.974 bits per heavy atom. The number of fused-ring (bicyclic) bond motifs is 5. The Labute approximate surface area is 220 Å². The number of benzene rings is 4. The van der Waals surface area contributed by atoms with Crippen molar-refractivity contribution in [3.8, 4) is 22.6 Å². The van der Waals surface area contributed by atoms with Gasteiger partial charge in [-0.05, 0) is 82.1 Å². The number of carboxylic acid groups (broad SMARTS) is 1. The van der Waals surface area contributed by atoms with Gasteiger partial charge in [-0.3, -0.25) is 5.41 Å². The van der Waals surface area contributed by atoms with Crippen molar-refractivity contribution in [2.24, 2.45) is 11.7 Å². The number of aromatic hydroxyl groups is 1. The second-order valence-corrected chi connectivity index (χ2v) is 9.84. The second kappa shape index (κ2) is 8.95. The number of aromatic carboxylic acids is 1. The van der Waals surface area contributed by atoms with Gasteiger partial charge in [0, 0.05) is 17.2 Å². The normalized spacial score (nSPS) is 19.0. The van der Waals surface area contributed by atoms with Crippen LogP contribution in [0, 0.1) is 11.3 Å². The molecule has 7 heteroatoms. The number of phenols is 1. The fourth-order valence-corrected chi connectivity index (χ4v) is 6.18. The van der Waals surface area contributed by atoms with Gasteiger partial charge in [-0.15, -0.1) is 0 Å². The molecule has 190 valence electrons. The van der Waals surface area contributed by atoms with E-state index in [2.05, 4.69) is 17.4 Å². The molecule has 0 amide bonds. The Bertz CT molecular complexity index is 1610. The summed E-state index contributed by atoms with van der Waals surface area (Å²) in [6, 6.07) is 24.2. The molecule has 4 aromatic carbocycles. The Hall–Kier alpha value is -4.78. The number of nitrogens with one attached hydrogen (secondary N) is 2. The average molecular weight is 506 g/mol. The number of amidine groups is 1. The Morgan fingerprint density at radius 2 is 1.74 bits per heavy atom. The van der Waals surface area contributed by atoms with Crippen LogP contribution in [-0.2, 0) is 6.42 Å². The van der Waals surface area contributed by atoms with Gasteiger partial charge in [0.2, 0.25) is 0 Å². The lowest BCUT2D eigenvalue weighted by molar-refractivity contribution is 0.0697. The molecule has 3 unspecified atom stereocenters. The van der Waals surface area contributed by atoms with Crippen molar-refractivity contribution in [3.63, 3.8) is 0 Å². The van der Waals surface area contributed by atoms with E-state index in [-0.39, 0.29) is 35.0 Å². The molecule has 0 saturated carbocycles. The number of anilines is 1. The minimum atomic E-state index is -1.04. The zero-order valence-corrected chi connectivity index (χ0v) is 20.7. The predicted molar refractivity (Wildman–Crippen MR) is 146 cm³/mol. The summed E-state index contributed by atoms with van der Waals surface area (Å²) in [5.74, 6) is -0.607. The molecule has 1 aliphatic heterocycles. The first-order chi connectivity index (χ1) is 18.4. The third-order valence-corrected chi connectivity index (χ3v) is 7.84. The van der Waals surface area contributed by atoms with Crippen LogP contribution in [0.5, 0.6) is 11.5 Å². The number of nitrogen functional groups attached to an aromatic ring is 1. The molecule has 38 heavy (non-hydrogen) atoms. The number of hydrogen-bond acceptors (Lipinski definition) is 5. The zero-order chi connectivity index (χ0) is 26.6. The first kappa shape index (κ1) is 23.6. The highest BCUT2D eigenvalue weighted by Crippen LogP contribution is 2.55. The number of rotatable bonds is 5. The number of nitrogens with two attached hydrogens (primary N) is 1. The molecule has 0 saturated heterocycles. The van der Waals surface area contributed by atoms with Crippen LogP contribution in [0.4, 0.5) is 5.69 Å². The maximum absolute atomic E-state index is 12.1. The number of carbonyl (C=O) groups is 1. The smallest absolute Gasteiger partial charge is 0.336 e. The summed E-state index contributed by atoms with van der Waals surface area (Å²) in [4.78, 5) is 12.1. The number of phenolic OH excluding ortho intramolecular Hbond substituents is 1. The molecule has 0 fully saturated rings. The molecule has 0 spiro atoms.